The Morgan fingerprint density at radius 1 is 1.29 bits per heavy atom. The van der Waals surface area contributed by atoms with Gasteiger partial charge in [0.15, 0.2) is 0 Å². The molecule has 0 aliphatic heterocycles. The van der Waals surface area contributed by atoms with Gasteiger partial charge in [0.05, 0.1) is 12.3 Å². The van der Waals surface area contributed by atoms with Crippen LogP contribution in [-0.4, -0.2) is 27.5 Å². The number of thiol groups is 1. The maximum atomic E-state index is 11.3. The van der Waals surface area contributed by atoms with E-state index in [0.717, 1.165) is 9.87 Å². The number of hydrogen-bond acceptors (Lipinski definition) is 4. The maximum absolute atomic E-state index is 11.3. The van der Waals surface area contributed by atoms with E-state index in [1.165, 1.54) is 0 Å². The number of carbonyl (C=O) groups excluding carboxylic acids is 1. The minimum Gasteiger partial charge on any atom is -0.465 e. The molecule has 6 heteroatoms. The van der Waals surface area contributed by atoms with Crippen LogP contribution in [0.2, 0.25) is 0 Å². The van der Waals surface area contributed by atoms with E-state index in [4.69, 9.17) is 4.74 Å². The molecule has 0 atom stereocenters. The van der Waals surface area contributed by atoms with E-state index < -0.39 is 16.9 Å². The van der Waals surface area contributed by atoms with Crippen LogP contribution in [0.5, 0.6) is 0 Å². The van der Waals surface area contributed by atoms with Crippen molar-refractivity contribution in [2.45, 2.75) is 13.8 Å². The molecule has 0 aliphatic carbocycles. The van der Waals surface area contributed by atoms with Crippen molar-refractivity contribution in [1.82, 2.24) is 0 Å². The lowest BCUT2D eigenvalue weighted by atomic mass is 10.2. The quantitative estimate of drug-likeness (QED) is 0.628. The van der Waals surface area contributed by atoms with Crippen molar-refractivity contribution >= 4 is 22.5 Å². The van der Waals surface area contributed by atoms with E-state index in [-0.39, 0.29) is 13.2 Å². The highest BCUT2D eigenvalue weighted by Crippen LogP contribution is 2.15. The third-order valence-electron chi connectivity index (χ3n) is 2.11. The lowest BCUT2D eigenvalue weighted by Crippen LogP contribution is -2.29. The van der Waals surface area contributed by atoms with Crippen molar-refractivity contribution in [3.05, 3.63) is 29.8 Å². The Morgan fingerprint density at radius 3 is 2.35 bits per heavy atom. The van der Waals surface area contributed by atoms with Crippen LogP contribution >= 0.6 is 0 Å². The highest BCUT2D eigenvalue weighted by Gasteiger charge is 2.14. The highest BCUT2D eigenvalue weighted by molar-refractivity contribution is 7.74. The number of nitrogens with zero attached hydrogens (tertiary/aromatic N) is 1. The monoisotopic (exact) mass is 257 g/mol. The summed E-state index contributed by atoms with van der Waals surface area (Å²) in [5.41, 5.74) is 1.48. The van der Waals surface area contributed by atoms with Gasteiger partial charge in [-0.1, -0.05) is 17.7 Å². The van der Waals surface area contributed by atoms with E-state index in [9.17, 15) is 13.2 Å². The SMILES string of the molecule is CCOC(=O)CN(c1ccc(C)cc1)[SH](=O)=O. The predicted molar refractivity (Wildman–Crippen MR) is 65.5 cm³/mol. The van der Waals surface area contributed by atoms with Crippen molar-refractivity contribution in [3.63, 3.8) is 0 Å². The van der Waals surface area contributed by atoms with Crippen molar-refractivity contribution in [1.29, 1.82) is 0 Å². The molecule has 0 fully saturated rings. The molecule has 0 saturated heterocycles. The van der Waals surface area contributed by atoms with Crippen LogP contribution in [0.1, 0.15) is 12.5 Å². The fraction of sp³-hybridized carbons (Fsp3) is 0.364. The van der Waals surface area contributed by atoms with Crippen molar-refractivity contribution in [2.24, 2.45) is 0 Å². The molecule has 0 unspecified atom stereocenters. The highest BCUT2D eigenvalue weighted by atomic mass is 32.2. The molecule has 5 nitrogen and oxygen atoms in total. The molecular formula is C11H15NO4S. The minimum atomic E-state index is -2.86. The molecule has 1 rings (SSSR count). The fourth-order valence-corrected chi connectivity index (χ4v) is 1.84. The molecular weight excluding hydrogens is 242 g/mol. The lowest BCUT2D eigenvalue weighted by Gasteiger charge is -2.16. The van der Waals surface area contributed by atoms with Gasteiger partial charge in [0.2, 0.25) is 10.9 Å². The van der Waals surface area contributed by atoms with Gasteiger partial charge in [-0.15, -0.1) is 0 Å². The number of aryl methyl sites for hydroxylation is 1. The number of esters is 1. The summed E-state index contributed by atoms with van der Waals surface area (Å²) in [7, 11) is -2.86. The molecule has 94 valence electrons. The van der Waals surface area contributed by atoms with Crippen LogP contribution < -0.4 is 4.31 Å². The molecule has 0 aliphatic rings. The average Bonchev–Trinajstić information content (AvgIpc) is 2.27. The van der Waals surface area contributed by atoms with Gasteiger partial charge in [-0.3, -0.25) is 9.10 Å². The molecule has 1 aromatic rings. The predicted octanol–water partition coefficient (Wildman–Crippen LogP) is 0.891. The first-order valence-electron chi connectivity index (χ1n) is 5.18. The number of hydrogen-bond donors (Lipinski definition) is 1. The first kappa shape index (κ1) is 13.5. The van der Waals surface area contributed by atoms with Gasteiger partial charge >= 0.3 is 5.97 Å². The average molecular weight is 257 g/mol. The van der Waals surface area contributed by atoms with Crippen molar-refractivity contribution in [2.75, 3.05) is 17.5 Å². The second-order valence-corrected chi connectivity index (χ2v) is 4.39. The summed E-state index contributed by atoms with van der Waals surface area (Å²) in [4.78, 5) is 11.3. The van der Waals surface area contributed by atoms with E-state index >= 15 is 0 Å². The van der Waals surface area contributed by atoms with E-state index in [1.807, 2.05) is 6.92 Å². The minimum absolute atomic E-state index is 0.232. The summed E-state index contributed by atoms with van der Waals surface area (Å²) >= 11 is 0. The number of benzene rings is 1. The summed E-state index contributed by atoms with van der Waals surface area (Å²) < 4.78 is 27.9. The van der Waals surface area contributed by atoms with Crippen LogP contribution in [-0.2, 0) is 20.4 Å². The van der Waals surface area contributed by atoms with Gasteiger partial charge in [-0.05, 0) is 26.0 Å². The molecule has 0 N–H and O–H groups in total. The largest absolute Gasteiger partial charge is 0.465 e. The number of anilines is 1. The Hall–Kier alpha value is -1.56. The third-order valence-corrected chi connectivity index (χ3v) is 2.88. The zero-order chi connectivity index (χ0) is 12.8. The molecule has 0 amide bonds. The number of ether oxygens (including phenoxy) is 1. The number of carbonyl (C=O) groups is 1. The molecule has 0 aromatic heterocycles. The molecule has 0 spiro atoms. The van der Waals surface area contributed by atoms with Gasteiger partial charge < -0.3 is 4.74 Å². The Bertz CT molecular complexity index is 445. The van der Waals surface area contributed by atoms with Crippen molar-refractivity contribution in [3.8, 4) is 0 Å². The van der Waals surface area contributed by atoms with Crippen LogP contribution in [0.25, 0.3) is 0 Å². The second-order valence-electron chi connectivity index (χ2n) is 3.44. The first-order chi connectivity index (χ1) is 8.04. The van der Waals surface area contributed by atoms with E-state index in [2.05, 4.69) is 0 Å². The van der Waals surface area contributed by atoms with Crippen LogP contribution in [0, 0.1) is 6.92 Å². The Balaban J connectivity index is 2.86. The van der Waals surface area contributed by atoms with Gasteiger partial charge in [-0.2, -0.15) is 0 Å². The Labute approximate surface area is 102 Å². The smallest absolute Gasteiger partial charge is 0.326 e. The van der Waals surface area contributed by atoms with Gasteiger partial charge in [0.25, 0.3) is 0 Å². The van der Waals surface area contributed by atoms with Crippen LogP contribution in [0.15, 0.2) is 24.3 Å². The maximum Gasteiger partial charge on any atom is 0.326 e. The van der Waals surface area contributed by atoms with Crippen LogP contribution in [0.3, 0.4) is 0 Å². The zero-order valence-electron chi connectivity index (χ0n) is 9.75. The van der Waals surface area contributed by atoms with Crippen LogP contribution in [0.4, 0.5) is 5.69 Å². The fourth-order valence-electron chi connectivity index (χ4n) is 1.29. The Morgan fingerprint density at radius 2 is 1.88 bits per heavy atom. The molecule has 1 aromatic carbocycles. The molecule has 0 radical (unpaired) electrons. The Kier molecular flexibility index (Phi) is 4.96. The normalized spacial score (nSPS) is 10.3. The van der Waals surface area contributed by atoms with Gasteiger partial charge in [-0.25, -0.2) is 8.42 Å². The summed E-state index contributed by atoms with van der Waals surface area (Å²) in [5.74, 6) is -0.563. The lowest BCUT2D eigenvalue weighted by molar-refractivity contribution is -0.141. The molecule has 0 heterocycles. The third kappa shape index (κ3) is 4.07. The summed E-state index contributed by atoms with van der Waals surface area (Å²) in [5, 5.41) is 0. The second kappa shape index (κ2) is 6.24. The molecule has 17 heavy (non-hydrogen) atoms. The standard InChI is InChI=1S/C11H15NO4S/c1-3-16-11(13)8-12(17(14)15)10-6-4-9(2)5-7-10/h4-7,17H,3,8H2,1-2H3. The molecule has 0 saturated carbocycles. The first-order valence-corrected chi connectivity index (χ1v) is 6.31. The summed E-state index contributed by atoms with van der Waals surface area (Å²) in [6, 6.07) is 6.87. The van der Waals surface area contributed by atoms with Gasteiger partial charge in [0.1, 0.15) is 6.54 Å². The summed E-state index contributed by atoms with van der Waals surface area (Å²) in [6.45, 7) is 3.51. The topological polar surface area (TPSA) is 63.7 Å². The zero-order valence-corrected chi connectivity index (χ0v) is 10.6. The van der Waals surface area contributed by atoms with Gasteiger partial charge in [0, 0.05) is 0 Å². The number of rotatable bonds is 5. The van der Waals surface area contributed by atoms with Crippen molar-refractivity contribution < 1.29 is 17.9 Å². The summed E-state index contributed by atoms with van der Waals surface area (Å²) in [6.07, 6.45) is 0. The van der Waals surface area contributed by atoms with E-state index in [0.29, 0.717) is 5.69 Å². The molecule has 0 bridgehead atoms. The van der Waals surface area contributed by atoms with E-state index in [1.54, 1.807) is 31.2 Å².